The van der Waals surface area contributed by atoms with Crippen LogP contribution in [0.5, 0.6) is 0 Å². The van der Waals surface area contributed by atoms with Crippen LogP contribution in [0.1, 0.15) is 68.3 Å². The Kier molecular flexibility index (Phi) is 6.25. The van der Waals surface area contributed by atoms with E-state index in [0.29, 0.717) is 18.3 Å². The first kappa shape index (κ1) is 22.1. The molecule has 2 N–H and O–H groups in total. The smallest absolute Gasteiger partial charge is 0.303 e. The number of aliphatic carboxylic acids is 1. The van der Waals surface area contributed by atoms with E-state index in [2.05, 4.69) is 56.4 Å². The molecule has 4 atom stereocenters. The highest BCUT2D eigenvalue weighted by molar-refractivity contribution is 7.17. The number of carbonyl (C=O) groups is 2. The molecule has 4 nitrogen and oxygen atoms in total. The summed E-state index contributed by atoms with van der Waals surface area (Å²) < 4.78 is 1.16. The fourth-order valence-electron chi connectivity index (χ4n) is 5.68. The van der Waals surface area contributed by atoms with Crippen LogP contribution in [0.15, 0.2) is 35.7 Å². The molecule has 3 fully saturated rings. The lowest BCUT2D eigenvalue weighted by atomic mass is 9.44. The van der Waals surface area contributed by atoms with E-state index in [1.54, 1.807) is 11.3 Å². The number of unbranched alkanes of at least 4 members (excludes halogenated alkanes) is 1. The Morgan fingerprint density at radius 3 is 2.81 bits per heavy atom. The van der Waals surface area contributed by atoms with E-state index in [0.717, 1.165) is 40.8 Å². The first-order valence-electron chi connectivity index (χ1n) is 11.4. The molecule has 0 aliphatic heterocycles. The number of amides is 1. The number of thiophene rings is 1. The molecule has 1 heterocycles. The molecule has 5 rings (SSSR count). The van der Waals surface area contributed by atoms with Crippen molar-refractivity contribution in [3.8, 4) is 0 Å². The molecule has 0 unspecified atom stereocenters. The summed E-state index contributed by atoms with van der Waals surface area (Å²) in [5, 5.41) is 15.3. The molecule has 3 aliphatic carbocycles. The number of aryl methyl sites for hydroxylation is 1. The van der Waals surface area contributed by atoms with Crippen LogP contribution < -0.4 is 5.32 Å². The van der Waals surface area contributed by atoms with Gasteiger partial charge in [0.15, 0.2) is 0 Å². The number of carboxylic acids is 1. The zero-order valence-electron chi connectivity index (χ0n) is 18.7. The number of allylic oxidation sites excluding steroid dienone is 2. The summed E-state index contributed by atoms with van der Waals surface area (Å²) in [5.74, 6) is 1.02. The standard InChI is InChI=1S/C26H33NO3S/c1-16-10-11-22-19(12-16)20(15-31-22)25(30)27-24-17(8-6-4-5-7-9-23(28)29)13-18-14-21(24)26(18,2)3/h4,6,10-12,15,17-18,21,24H,5,7-9,13-14H2,1-3H3,(H,27,30)(H,28,29)/t17-,18-,21-,24+/m1/s1. The highest BCUT2D eigenvalue weighted by Gasteiger charge is 2.57. The molecule has 1 amide bonds. The number of hydrogen-bond acceptors (Lipinski definition) is 3. The summed E-state index contributed by atoms with van der Waals surface area (Å²) in [6.45, 7) is 6.77. The third kappa shape index (κ3) is 4.43. The van der Waals surface area contributed by atoms with Crippen LogP contribution in [0.3, 0.4) is 0 Å². The highest BCUT2D eigenvalue weighted by atomic mass is 32.1. The molecule has 1 aromatic heterocycles. The maximum atomic E-state index is 13.3. The average molecular weight is 440 g/mol. The van der Waals surface area contributed by atoms with Gasteiger partial charge in [0.05, 0.1) is 5.56 Å². The highest BCUT2D eigenvalue weighted by Crippen LogP contribution is 2.61. The van der Waals surface area contributed by atoms with Gasteiger partial charge in [-0.3, -0.25) is 9.59 Å². The van der Waals surface area contributed by atoms with Gasteiger partial charge >= 0.3 is 5.97 Å². The molecule has 2 aromatic rings. The molecule has 3 aliphatic rings. The van der Waals surface area contributed by atoms with E-state index < -0.39 is 5.97 Å². The number of fused-ring (bicyclic) bond motifs is 3. The van der Waals surface area contributed by atoms with Gasteiger partial charge in [0, 0.05) is 27.9 Å². The van der Waals surface area contributed by atoms with E-state index in [4.69, 9.17) is 5.11 Å². The van der Waals surface area contributed by atoms with Crippen LogP contribution >= 0.6 is 11.3 Å². The van der Waals surface area contributed by atoms with E-state index in [1.165, 1.54) is 12.0 Å². The van der Waals surface area contributed by atoms with E-state index in [1.807, 2.05) is 5.38 Å². The van der Waals surface area contributed by atoms with Gasteiger partial charge in [-0.1, -0.05) is 37.6 Å². The lowest BCUT2D eigenvalue weighted by molar-refractivity contribution is -0.137. The Labute approximate surface area is 188 Å². The molecule has 0 radical (unpaired) electrons. The number of carbonyl (C=O) groups excluding carboxylic acids is 1. The molecule has 5 heteroatoms. The quantitative estimate of drug-likeness (QED) is 0.381. The molecule has 3 saturated carbocycles. The Hall–Kier alpha value is -2.14. The van der Waals surface area contributed by atoms with Gasteiger partial charge in [0.25, 0.3) is 5.91 Å². The number of rotatable bonds is 8. The van der Waals surface area contributed by atoms with Crippen molar-refractivity contribution in [1.29, 1.82) is 0 Å². The Balaban J connectivity index is 1.46. The summed E-state index contributed by atoms with van der Waals surface area (Å²) >= 11 is 1.63. The van der Waals surface area contributed by atoms with Gasteiger partial charge in [0.1, 0.15) is 0 Å². The molecule has 1 aromatic carbocycles. The molecule has 0 saturated heterocycles. The van der Waals surface area contributed by atoms with E-state index in [-0.39, 0.29) is 23.8 Å². The van der Waals surface area contributed by atoms with Crippen molar-refractivity contribution in [2.45, 2.75) is 65.3 Å². The summed E-state index contributed by atoms with van der Waals surface area (Å²) in [7, 11) is 0. The topological polar surface area (TPSA) is 66.4 Å². The van der Waals surface area contributed by atoms with E-state index in [9.17, 15) is 9.59 Å². The first-order chi connectivity index (χ1) is 14.8. The van der Waals surface area contributed by atoms with Crippen molar-refractivity contribution < 1.29 is 14.7 Å². The number of carboxylic acid groups (broad SMARTS) is 1. The second-order valence-corrected chi connectivity index (χ2v) is 10.9. The summed E-state index contributed by atoms with van der Waals surface area (Å²) in [6, 6.07) is 6.50. The third-order valence-corrected chi connectivity index (χ3v) is 8.68. The number of benzene rings is 1. The van der Waals surface area contributed by atoms with E-state index >= 15 is 0 Å². The zero-order valence-corrected chi connectivity index (χ0v) is 19.5. The van der Waals surface area contributed by atoms with Crippen molar-refractivity contribution in [3.05, 3.63) is 46.9 Å². The van der Waals surface area contributed by atoms with Crippen LogP contribution in [0.25, 0.3) is 10.1 Å². The van der Waals surface area contributed by atoms with Gasteiger partial charge in [-0.25, -0.2) is 0 Å². The lowest BCUT2D eigenvalue weighted by Gasteiger charge is -2.62. The molecule has 0 spiro atoms. The van der Waals surface area contributed by atoms with Crippen LogP contribution in [-0.2, 0) is 4.79 Å². The normalized spacial score (nSPS) is 26.7. The van der Waals surface area contributed by atoms with Crippen molar-refractivity contribution in [3.63, 3.8) is 0 Å². The van der Waals surface area contributed by atoms with Gasteiger partial charge in [0.2, 0.25) is 0 Å². The Morgan fingerprint density at radius 2 is 2.06 bits per heavy atom. The number of nitrogens with one attached hydrogen (secondary N) is 1. The summed E-state index contributed by atoms with van der Waals surface area (Å²) in [5.41, 5.74) is 2.25. The predicted molar refractivity (Wildman–Crippen MR) is 127 cm³/mol. The molecule has 166 valence electrons. The molecule has 2 bridgehead atoms. The minimum absolute atomic E-state index is 0.0541. The minimum Gasteiger partial charge on any atom is -0.481 e. The summed E-state index contributed by atoms with van der Waals surface area (Å²) in [6.07, 6.45) is 9.32. The third-order valence-electron chi connectivity index (χ3n) is 7.71. The van der Waals surface area contributed by atoms with Crippen molar-refractivity contribution in [2.24, 2.45) is 23.2 Å². The van der Waals surface area contributed by atoms with Crippen LogP contribution in [-0.4, -0.2) is 23.0 Å². The second kappa shape index (κ2) is 8.78. The van der Waals surface area contributed by atoms with Gasteiger partial charge < -0.3 is 10.4 Å². The Morgan fingerprint density at radius 1 is 1.26 bits per heavy atom. The SMILES string of the molecule is Cc1ccc2scc(C(=O)N[C@H]3[C@H](CC=CCCCC(=O)O)C[C@@H]4C[C@H]3C4(C)C)c2c1. The second-order valence-electron chi connectivity index (χ2n) is 10.00. The lowest BCUT2D eigenvalue weighted by Crippen LogP contribution is -2.63. The molecular formula is C26H33NO3S. The van der Waals surface area contributed by atoms with Crippen LogP contribution in [0.2, 0.25) is 0 Å². The molecular weight excluding hydrogens is 406 g/mol. The fourth-order valence-corrected chi connectivity index (χ4v) is 6.60. The summed E-state index contributed by atoms with van der Waals surface area (Å²) in [4.78, 5) is 24.0. The average Bonchev–Trinajstić information content (AvgIpc) is 3.13. The van der Waals surface area contributed by atoms with Crippen molar-refractivity contribution in [2.75, 3.05) is 0 Å². The predicted octanol–water partition coefficient (Wildman–Crippen LogP) is 6.19. The maximum Gasteiger partial charge on any atom is 0.303 e. The van der Waals surface area contributed by atoms with Crippen LogP contribution in [0.4, 0.5) is 0 Å². The maximum absolute atomic E-state index is 13.3. The monoisotopic (exact) mass is 439 g/mol. The van der Waals surface area contributed by atoms with Gasteiger partial charge in [-0.05, 0) is 74.3 Å². The largest absolute Gasteiger partial charge is 0.481 e. The molecule has 31 heavy (non-hydrogen) atoms. The number of hydrogen-bond donors (Lipinski definition) is 2. The van der Waals surface area contributed by atoms with Crippen LogP contribution in [0, 0.1) is 30.1 Å². The minimum atomic E-state index is -0.734. The van der Waals surface area contributed by atoms with Gasteiger partial charge in [-0.15, -0.1) is 11.3 Å². The Bertz CT molecular complexity index is 1010. The zero-order chi connectivity index (χ0) is 22.2. The van der Waals surface area contributed by atoms with Crippen molar-refractivity contribution >= 4 is 33.3 Å². The fraction of sp³-hybridized carbons (Fsp3) is 0.538. The van der Waals surface area contributed by atoms with Crippen molar-refractivity contribution in [1.82, 2.24) is 5.32 Å². The first-order valence-corrected chi connectivity index (χ1v) is 12.3. The van der Waals surface area contributed by atoms with Gasteiger partial charge in [-0.2, -0.15) is 0 Å².